The highest BCUT2D eigenvalue weighted by Gasteiger charge is 2.56. The van der Waals surface area contributed by atoms with E-state index in [1.807, 2.05) is 13.8 Å². The van der Waals surface area contributed by atoms with Crippen molar-refractivity contribution in [3.05, 3.63) is 6.33 Å². The van der Waals surface area contributed by atoms with Gasteiger partial charge in [0.25, 0.3) is 0 Å². The van der Waals surface area contributed by atoms with Crippen LogP contribution in [0, 0.1) is 0 Å². The van der Waals surface area contributed by atoms with E-state index in [2.05, 4.69) is 22.0 Å². The van der Waals surface area contributed by atoms with Gasteiger partial charge >= 0.3 is 0 Å². The molecule has 0 unspecified atom stereocenters. The highest BCUT2D eigenvalue weighted by atomic mass is 35.5. The molecule has 26 heavy (non-hydrogen) atoms. The lowest BCUT2D eigenvalue weighted by Gasteiger charge is -2.23. The van der Waals surface area contributed by atoms with Gasteiger partial charge in [-0.05, 0) is 20.3 Å². The molecule has 4 heterocycles. The van der Waals surface area contributed by atoms with Crippen molar-refractivity contribution in [1.82, 2.24) is 19.7 Å². The molecule has 2 fully saturated rings. The lowest BCUT2D eigenvalue weighted by molar-refractivity contribution is -0.197. The van der Waals surface area contributed by atoms with Crippen LogP contribution in [0.15, 0.2) is 6.33 Å². The largest absolute Gasteiger partial charge is 0.475 e. The molecule has 2 saturated heterocycles. The number of rotatable bonds is 5. The molecule has 0 bridgehead atoms. The van der Waals surface area contributed by atoms with Crippen LogP contribution in [0.4, 0.5) is 5.82 Å². The van der Waals surface area contributed by atoms with E-state index in [0.717, 1.165) is 6.42 Å². The lowest BCUT2D eigenvalue weighted by atomic mass is 10.1. The number of nitrogens with zero attached hydrogens (tertiary/aromatic N) is 4. The van der Waals surface area contributed by atoms with E-state index < -0.39 is 12.0 Å². The zero-order chi connectivity index (χ0) is 18.5. The second-order valence-corrected chi connectivity index (χ2v) is 7.16. The Morgan fingerprint density at radius 1 is 1.31 bits per heavy atom. The normalized spacial score (nSPS) is 30.0. The molecule has 4 rings (SSSR count). The fraction of sp³-hybridized carbons (Fsp3) is 0.688. The Morgan fingerprint density at radius 2 is 2.08 bits per heavy atom. The Labute approximate surface area is 155 Å². The Balaban J connectivity index is 1.78. The molecule has 9 nitrogen and oxygen atoms in total. The third kappa shape index (κ3) is 2.79. The van der Waals surface area contributed by atoms with Crippen LogP contribution in [-0.2, 0) is 14.2 Å². The Bertz CT molecular complexity index is 813. The van der Waals surface area contributed by atoms with Gasteiger partial charge in [0.1, 0.15) is 36.3 Å². The SMILES string of the molecule is CC[C@H]1O[C@@H](n2nc(OCCCl)c3c(N)ncnc32)[C@@H]2OC(C)(C)O[C@@H]21. The third-order valence-electron chi connectivity index (χ3n) is 4.57. The Morgan fingerprint density at radius 3 is 2.81 bits per heavy atom. The zero-order valence-corrected chi connectivity index (χ0v) is 15.6. The highest BCUT2D eigenvalue weighted by molar-refractivity contribution is 6.18. The smallest absolute Gasteiger partial charge is 0.246 e. The van der Waals surface area contributed by atoms with Crippen molar-refractivity contribution >= 4 is 28.5 Å². The summed E-state index contributed by atoms with van der Waals surface area (Å²) >= 11 is 5.74. The number of halogens is 1. The number of hydrogen-bond acceptors (Lipinski definition) is 8. The van der Waals surface area contributed by atoms with Crippen molar-refractivity contribution in [3.63, 3.8) is 0 Å². The molecular weight excluding hydrogens is 362 g/mol. The van der Waals surface area contributed by atoms with Crippen LogP contribution < -0.4 is 10.5 Å². The predicted molar refractivity (Wildman–Crippen MR) is 94.0 cm³/mol. The van der Waals surface area contributed by atoms with Gasteiger partial charge in [0.05, 0.1) is 12.0 Å². The summed E-state index contributed by atoms with van der Waals surface area (Å²) in [6.45, 7) is 6.13. The zero-order valence-electron chi connectivity index (χ0n) is 14.9. The summed E-state index contributed by atoms with van der Waals surface area (Å²) in [5.74, 6) is 0.267. The number of alkyl halides is 1. The van der Waals surface area contributed by atoms with E-state index >= 15 is 0 Å². The van der Waals surface area contributed by atoms with Crippen molar-refractivity contribution < 1.29 is 18.9 Å². The molecule has 2 N–H and O–H groups in total. The van der Waals surface area contributed by atoms with Gasteiger partial charge in [-0.2, -0.15) is 0 Å². The van der Waals surface area contributed by atoms with Crippen molar-refractivity contribution in [1.29, 1.82) is 0 Å². The number of ether oxygens (including phenoxy) is 4. The average Bonchev–Trinajstić information content (AvgIpc) is 3.22. The highest BCUT2D eigenvalue weighted by Crippen LogP contribution is 2.45. The summed E-state index contributed by atoms with van der Waals surface area (Å²) in [4.78, 5) is 8.38. The van der Waals surface area contributed by atoms with Crippen molar-refractivity contribution in [2.75, 3.05) is 18.2 Å². The minimum Gasteiger partial charge on any atom is -0.475 e. The molecule has 0 saturated carbocycles. The third-order valence-corrected chi connectivity index (χ3v) is 4.72. The first-order valence-corrected chi connectivity index (χ1v) is 9.17. The maximum Gasteiger partial charge on any atom is 0.246 e. The first kappa shape index (κ1) is 17.7. The molecule has 0 amide bonds. The molecule has 4 atom stereocenters. The van der Waals surface area contributed by atoms with Gasteiger partial charge in [0, 0.05) is 0 Å². The van der Waals surface area contributed by atoms with E-state index in [4.69, 9.17) is 36.3 Å². The first-order valence-electron chi connectivity index (χ1n) is 8.63. The maximum atomic E-state index is 6.19. The molecule has 0 radical (unpaired) electrons. The number of nitrogens with two attached hydrogens (primary N) is 1. The van der Waals surface area contributed by atoms with Crippen molar-refractivity contribution in [3.8, 4) is 5.88 Å². The van der Waals surface area contributed by atoms with E-state index in [0.29, 0.717) is 29.4 Å². The van der Waals surface area contributed by atoms with E-state index in [1.54, 1.807) is 4.68 Å². The average molecular weight is 384 g/mol. The molecule has 0 aliphatic carbocycles. The summed E-state index contributed by atoms with van der Waals surface area (Å²) in [7, 11) is 0. The van der Waals surface area contributed by atoms with Gasteiger partial charge in [-0.15, -0.1) is 16.7 Å². The molecule has 10 heteroatoms. The van der Waals surface area contributed by atoms with Gasteiger partial charge < -0.3 is 24.7 Å². The molecule has 2 aliphatic rings. The maximum absolute atomic E-state index is 6.19. The Hall–Kier alpha value is -1.68. The topological polar surface area (TPSA) is 107 Å². The molecule has 2 aromatic rings. The number of aromatic nitrogens is 4. The standard InChI is InChI=1S/C16H22ClN5O4/c1-4-8-10-11(26-16(2,3)25-10)15(24-8)22-13-9(12(18)19-7-20-13)14(21-22)23-6-5-17/h7-8,10-11,15H,4-6H2,1-3H3,(H2,18,19,20)/t8-,10-,11-,15-/m1/s1. The van der Waals surface area contributed by atoms with Crippen LogP contribution in [0.2, 0.25) is 0 Å². The monoisotopic (exact) mass is 383 g/mol. The summed E-state index contributed by atoms with van der Waals surface area (Å²) in [6.07, 6.45) is 1.10. The summed E-state index contributed by atoms with van der Waals surface area (Å²) in [5.41, 5.74) is 6.55. The second kappa shape index (κ2) is 6.49. The van der Waals surface area contributed by atoms with E-state index in [1.165, 1.54) is 6.33 Å². The van der Waals surface area contributed by atoms with E-state index in [-0.39, 0.29) is 24.1 Å². The summed E-state index contributed by atoms with van der Waals surface area (Å²) in [5, 5.41) is 5.08. The number of anilines is 1. The minimum atomic E-state index is -0.681. The second-order valence-electron chi connectivity index (χ2n) is 6.78. The summed E-state index contributed by atoms with van der Waals surface area (Å²) in [6, 6.07) is 0. The number of nitrogen functional groups attached to an aromatic ring is 1. The van der Waals surface area contributed by atoms with Crippen molar-refractivity contribution in [2.24, 2.45) is 0 Å². The van der Waals surface area contributed by atoms with Gasteiger partial charge in [-0.1, -0.05) is 6.92 Å². The molecule has 2 aromatic heterocycles. The lowest BCUT2D eigenvalue weighted by Crippen LogP contribution is -2.28. The fourth-order valence-corrected chi connectivity index (χ4v) is 3.64. The van der Waals surface area contributed by atoms with Crippen molar-refractivity contribution in [2.45, 2.75) is 57.5 Å². The minimum absolute atomic E-state index is 0.0996. The quantitative estimate of drug-likeness (QED) is 0.779. The molecule has 0 aromatic carbocycles. The van der Waals surface area contributed by atoms with Gasteiger partial charge in [-0.25, -0.2) is 14.6 Å². The molecule has 0 spiro atoms. The summed E-state index contributed by atoms with van der Waals surface area (Å²) < 4.78 is 25.6. The van der Waals surface area contributed by atoms with Crippen LogP contribution in [0.1, 0.15) is 33.4 Å². The molecular formula is C16H22ClN5O4. The van der Waals surface area contributed by atoms with Gasteiger partial charge in [0.15, 0.2) is 17.7 Å². The molecule has 2 aliphatic heterocycles. The molecule has 142 valence electrons. The van der Waals surface area contributed by atoms with Crippen LogP contribution in [-0.4, -0.2) is 56.3 Å². The van der Waals surface area contributed by atoms with Crippen LogP contribution in [0.5, 0.6) is 5.88 Å². The van der Waals surface area contributed by atoms with E-state index in [9.17, 15) is 0 Å². The van der Waals surface area contributed by atoms with Crippen LogP contribution >= 0.6 is 11.6 Å². The van der Waals surface area contributed by atoms with Crippen LogP contribution in [0.3, 0.4) is 0 Å². The van der Waals surface area contributed by atoms with Gasteiger partial charge in [0.2, 0.25) is 5.88 Å². The first-order chi connectivity index (χ1) is 12.4. The number of fused-ring (bicyclic) bond motifs is 2. The predicted octanol–water partition coefficient (Wildman–Crippen LogP) is 1.85. The van der Waals surface area contributed by atoms with Crippen LogP contribution in [0.25, 0.3) is 11.0 Å². The number of hydrogen-bond donors (Lipinski definition) is 1. The Kier molecular flexibility index (Phi) is 4.42. The van der Waals surface area contributed by atoms with Gasteiger partial charge in [-0.3, -0.25) is 0 Å². The fourth-order valence-electron chi connectivity index (χ4n) is 3.56.